The van der Waals surface area contributed by atoms with Gasteiger partial charge in [0.2, 0.25) is 5.88 Å². The summed E-state index contributed by atoms with van der Waals surface area (Å²) in [6.07, 6.45) is 4.57. The number of ether oxygens (including phenoxy) is 1. The molecule has 2 aromatic heterocycles. The van der Waals surface area contributed by atoms with Gasteiger partial charge in [-0.1, -0.05) is 6.92 Å². The molecule has 0 aliphatic carbocycles. The molecule has 2 N–H and O–H groups in total. The zero-order chi connectivity index (χ0) is 16.0. The van der Waals surface area contributed by atoms with Crippen molar-refractivity contribution >= 4 is 21.2 Å². The summed E-state index contributed by atoms with van der Waals surface area (Å²) in [5.41, 5.74) is 1.38. The van der Waals surface area contributed by atoms with Crippen molar-refractivity contribution in [2.75, 3.05) is 17.7 Å². The summed E-state index contributed by atoms with van der Waals surface area (Å²) in [6, 6.07) is 0. The largest absolute Gasteiger partial charge is 0.476 e. The van der Waals surface area contributed by atoms with Gasteiger partial charge in [0, 0.05) is 11.7 Å². The summed E-state index contributed by atoms with van der Waals surface area (Å²) in [5.74, 6) is 1.84. The van der Waals surface area contributed by atoms with E-state index in [1.165, 1.54) is 6.33 Å². The van der Waals surface area contributed by atoms with Crippen LogP contribution in [0.5, 0.6) is 5.88 Å². The highest BCUT2D eigenvalue weighted by Crippen LogP contribution is 2.35. The van der Waals surface area contributed by atoms with Gasteiger partial charge in [0.25, 0.3) is 0 Å². The molecule has 0 amide bonds. The normalized spacial score (nSPS) is 26.0. The van der Waals surface area contributed by atoms with E-state index < -0.39 is 9.73 Å². The maximum Gasteiger partial charge on any atom is 0.236 e. The quantitative estimate of drug-likeness (QED) is 0.867. The van der Waals surface area contributed by atoms with Crippen molar-refractivity contribution in [3.63, 3.8) is 0 Å². The lowest BCUT2D eigenvalue weighted by Crippen LogP contribution is -2.23. The lowest BCUT2D eigenvalue weighted by Gasteiger charge is -2.23. The van der Waals surface area contributed by atoms with Crippen LogP contribution in [0, 0.1) is 10.7 Å². The van der Waals surface area contributed by atoms with E-state index in [1.54, 1.807) is 6.20 Å². The fourth-order valence-electron chi connectivity index (χ4n) is 3.01. The first kappa shape index (κ1) is 14.4. The van der Waals surface area contributed by atoms with Gasteiger partial charge in [-0.25, -0.2) is 23.6 Å². The minimum absolute atomic E-state index is 0.349. The van der Waals surface area contributed by atoms with Crippen molar-refractivity contribution in [2.45, 2.75) is 31.2 Å². The standard InChI is InChI=1S/C14H18N6O2S/c1-9-6-20-14(22-7-9)11(5-18-20)19-13-12-10(16-8-17-13)3-2-4-23(12,15)21/h5,8-9,15H,2-4,6-7H2,1H3,(H,16,17,19). The van der Waals surface area contributed by atoms with Crippen LogP contribution in [0.3, 0.4) is 0 Å². The summed E-state index contributed by atoms with van der Waals surface area (Å²) in [5, 5.41) is 7.47. The van der Waals surface area contributed by atoms with Crippen molar-refractivity contribution in [3.8, 4) is 5.88 Å². The van der Waals surface area contributed by atoms with E-state index in [0.717, 1.165) is 19.4 Å². The first-order valence-electron chi connectivity index (χ1n) is 7.60. The van der Waals surface area contributed by atoms with Crippen LogP contribution in [0.2, 0.25) is 0 Å². The first-order chi connectivity index (χ1) is 11.0. The molecule has 0 radical (unpaired) electrons. The molecule has 4 heterocycles. The lowest BCUT2D eigenvalue weighted by atomic mass is 10.2. The van der Waals surface area contributed by atoms with E-state index in [0.29, 0.717) is 46.3 Å². The molecule has 9 heteroatoms. The Morgan fingerprint density at radius 3 is 3.22 bits per heavy atom. The Balaban J connectivity index is 1.74. The molecule has 8 nitrogen and oxygen atoms in total. The molecule has 0 fully saturated rings. The fourth-order valence-corrected chi connectivity index (χ4v) is 4.71. The highest BCUT2D eigenvalue weighted by atomic mass is 32.2. The summed E-state index contributed by atoms with van der Waals surface area (Å²) < 4.78 is 28.3. The fraction of sp³-hybridized carbons (Fsp3) is 0.500. The Labute approximate surface area is 134 Å². The molecular weight excluding hydrogens is 316 g/mol. The maximum atomic E-state index is 12.6. The predicted octanol–water partition coefficient (Wildman–Crippen LogP) is 1.80. The second-order valence-electron chi connectivity index (χ2n) is 6.07. The van der Waals surface area contributed by atoms with Gasteiger partial charge >= 0.3 is 0 Å². The SMILES string of the molecule is CC1COc2c(Nc3ncnc4c3S(=N)(=O)CCC4)cnn2C1. The number of rotatable bonds is 2. The number of fused-ring (bicyclic) bond motifs is 2. The van der Waals surface area contributed by atoms with Crippen molar-refractivity contribution in [3.05, 3.63) is 18.2 Å². The van der Waals surface area contributed by atoms with Crippen molar-refractivity contribution in [1.29, 1.82) is 4.78 Å². The average molecular weight is 334 g/mol. The van der Waals surface area contributed by atoms with Crippen LogP contribution in [0.4, 0.5) is 11.5 Å². The van der Waals surface area contributed by atoms with Crippen LogP contribution in [-0.2, 0) is 22.7 Å². The molecule has 122 valence electrons. The van der Waals surface area contributed by atoms with Crippen LogP contribution in [-0.4, -0.2) is 36.3 Å². The Morgan fingerprint density at radius 2 is 2.35 bits per heavy atom. The van der Waals surface area contributed by atoms with E-state index in [4.69, 9.17) is 9.52 Å². The third kappa shape index (κ3) is 2.44. The minimum Gasteiger partial charge on any atom is -0.476 e. The lowest BCUT2D eigenvalue weighted by molar-refractivity contribution is 0.176. The van der Waals surface area contributed by atoms with E-state index in [1.807, 2.05) is 4.68 Å². The van der Waals surface area contributed by atoms with Gasteiger partial charge in [0.15, 0.2) is 5.82 Å². The number of aromatic nitrogens is 4. The summed E-state index contributed by atoms with van der Waals surface area (Å²) in [4.78, 5) is 8.84. The average Bonchev–Trinajstić information content (AvgIpc) is 2.89. The van der Waals surface area contributed by atoms with Crippen molar-refractivity contribution in [1.82, 2.24) is 19.7 Å². The zero-order valence-corrected chi connectivity index (χ0v) is 13.6. The molecule has 2 unspecified atom stereocenters. The van der Waals surface area contributed by atoms with E-state index >= 15 is 0 Å². The second-order valence-corrected chi connectivity index (χ2v) is 8.23. The van der Waals surface area contributed by atoms with Gasteiger partial charge in [0.05, 0.1) is 34.8 Å². The zero-order valence-electron chi connectivity index (χ0n) is 12.8. The topological polar surface area (TPSA) is 106 Å². The molecule has 2 aliphatic rings. The Morgan fingerprint density at radius 1 is 1.48 bits per heavy atom. The second kappa shape index (κ2) is 5.19. The minimum atomic E-state index is -2.86. The van der Waals surface area contributed by atoms with E-state index in [2.05, 4.69) is 27.3 Å². The number of nitrogens with zero attached hydrogens (tertiary/aromatic N) is 4. The smallest absolute Gasteiger partial charge is 0.236 e. The number of hydrogen-bond acceptors (Lipinski definition) is 7. The molecule has 0 saturated heterocycles. The molecule has 2 aliphatic heterocycles. The molecule has 0 saturated carbocycles. The summed E-state index contributed by atoms with van der Waals surface area (Å²) in [6.45, 7) is 3.54. The van der Waals surface area contributed by atoms with Gasteiger partial charge in [-0.2, -0.15) is 5.10 Å². The molecule has 2 atom stereocenters. The third-order valence-corrected chi connectivity index (χ3v) is 6.04. The van der Waals surface area contributed by atoms with Gasteiger partial charge < -0.3 is 10.1 Å². The number of hydrogen-bond donors (Lipinski definition) is 2. The predicted molar refractivity (Wildman–Crippen MR) is 84.5 cm³/mol. The molecule has 23 heavy (non-hydrogen) atoms. The molecular formula is C14H18N6O2S. The number of aryl methyl sites for hydroxylation is 1. The summed E-state index contributed by atoms with van der Waals surface area (Å²) in [7, 11) is -2.86. The van der Waals surface area contributed by atoms with Crippen LogP contribution in [0.25, 0.3) is 0 Å². The van der Waals surface area contributed by atoms with Gasteiger partial charge in [-0.3, -0.25) is 0 Å². The maximum absolute atomic E-state index is 12.6. The van der Waals surface area contributed by atoms with E-state index in [9.17, 15) is 4.21 Å². The highest BCUT2D eigenvalue weighted by molar-refractivity contribution is 7.92. The molecule has 0 bridgehead atoms. The van der Waals surface area contributed by atoms with Gasteiger partial charge in [-0.05, 0) is 12.8 Å². The van der Waals surface area contributed by atoms with Crippen LogP contribution < -0.4 is 10.1 Å². The third-order valence-electron chi connectivity index (χ3n) is 4.09. The summed E-state index contributed by atoms with van der Waals surface area (Å²) >= 11 is 0. The molecule has 4 rings (SSSR count). The van der Waals surface area contributed by atoms with Crippen molar-refractivity contribution < 1.29 is 8.95 Å². The number of nitrogens with one attached hydrogen (secondary N) is 2. The molecule has 0 aromatic carbocycles. The van der Waals surface area contributed by atoms with Crippen LogP contribution in [0.1, 0.15) is 19.0 Å². The Kier molecular flexibility index (Phi) is 3.26. The molecule has 0 spiro atoms. The molecule has 2 aromatic rings. The highest BCUT2D eigenvalue weighted by Gasteiger charge is 2.28. The van der Waals surface area contributed by atoms with Crippen LogP contribution in [0.15, 0.2) is 17.4 Å². The van der Waals surface area contributed by atoms with Crippen LogP contribution >= 0.6 is 0 Å². The van der Waals surface area contributed by atoms with E-state index in [-0.39, 0.29) is 0 Å². The van der Waals surface area contributed by atoms with Gasteiger partial charge in [-0.15, -0.1) is 0 Å². The Bertz CT molecular complexity index is 860. The first-order valence-corrected chi connectivity index (χ1v) is 9.33. The number of anilines is 2. The van der Waals surface area contributed by atoms with Gasteiger partial charge in [0.1, 0.15) is 16.9 Å². The van der Waals surface area contributed by atoms with Crippen molar-refractivity contribution in [2.24, 2.45) is 5.92 Å². The monoisotopic (exact) mass is 334 g/mol. The Hall–Kier alpha value is -2.16.